The van der Waals surface area contributed by atoms with Gasteiger partial charge in [0, 0.05) is 19.0 Å². The van der Waals surface area contributed by atoms with Gasteiger partial charge in [-0.3, -0.25) is 14.7 Å². The second kappa shape index (κ2) is 10.4. The predicted octanol–water partition coefficient (Wildman–Crippen LogP) is 3.56. The zero-order valence-corrected chi connectivity index (χ0v) is 17.6. The summed E-state index contributed by atoms with van der Waals surface area (Å²) >= 11 is 0. The van der Waals surface area contributed by atoms with Crippen molar-refractivity contribution in [3.8, 4) is 11.8 Å². The Balaban J connectivity index is 1.90. The number of carbonyl (C=O) groups is 1. The summed E-state index contributed by atoms with van der Waals surface area (Å²) in [6.45, 7) is 2.61. The van der Waals surface area contributed by atoms with Crippen LogP contribution in [0.15, 0.2) is 59.5 Å². The van der Waals surface area contributed by atoms with E-state index in [2.05, 4.69) is 16.3 Å². The normalized spacial score (nSPS) is 11.5. The van der Waals surface area contributed by atoms with E-state index in [0.29, 0.717) is 31.5 Å². The number of halogens is 1. The van der Waals surface area contributed by atoms with E-state index < -0.39 is 17.1 Å². The number of aromatic hydroxyl groups is 1. The molecule has 7 nitrogen and oxygen atoms in total. The SMILES string of the molecule is CCCN(CCC(c1ccc(C#N)cc1)c1cccc(F)c1)C(=O)c1[nH]ncc(=O)c1O. The highest BCUT2D eigenvalue weighted by molar-refractivity contribution is 5.94. The Bertz CT molecular complexity index is 1180. The molecule has 0 spiro atoms. The first-order valence-corrected chi connectivity index (χ1v) is 10.3. The topological polar surface area (TPSA) is 110 Å². The number of aromatic amines is 1. The van der Waals surface area contributed by atoms with Crippen LogP contribution in [-0.2, 0) is 0 Å². The Morgan fingerprint density at radius 3 is 2.62 bits per heavy atom. The van der Waals surface area contributed by atoms with Crippen molar-refractivity contribution in [3.63, 3.8) is 0 Å². The fraction of sp³-hybridized carbons (Fsp3) is 0.250. The van der Waals surface area contributed by atoms with Gasteiger partial charge in [-0.15, -0.1) is 0 Å². The Morgan fingerprint density at radius 1 is 1.22 bits per heavy atom. The standard InChI is InChI=1S/C24H23FN4O3/c1-2-11-29(24(32)22-23(31)21(30)15-27-28-22)12-10-20(18-4-3-5-19(25)13-18)17-8-6-16(14-26)7-9-17/h3-9,13,15,20H,2,10-12H2,1H3,(H,27,31)(H,28,30). The monoisotopic (exact) mass is 434 g/mol. The van der Waals surface area contributed by atoms with Crippen molar-refractivity contribution in [2.75, 3.05) is 13.1 Å². The summed E-state index contributed by atoms with van der Waals surface area (Å²) in [5.41, 5.74) is 1.16. The van der Waals surface area contributed by atoms with Crippen LogP contribution in [0.25, 0.3) is 0 Å². The van der Waals surface area contributed by atoms with Gasteiger partial charge in [0.2, 0.25) is 5.43 Å². The predicted molar refractivity (Wildman–Crippen MR) is 117 cm³/mol. The summed E-state index contributed by atoms with van der Waals surface area (Å²) in [5.74, 6) is -1.79. The van der Waals surface area contributed by atoms with Crippen LogP contribution in [0, 0.1) is 17.1 Å². The Morgan fingerprint density at radius 2 is 1.97 bits per heavy atom. The van der Waals surface area contributed by atoms with Gasteiger partial charge < -0.3 is 10.0 Å². The molecule has 0 aliphatic heterocycles. The van der Waals surface area contributed by atoms with Gasteiger partial charge in [0.05, 0.1) is 17.8 Å². The quantitative estimate of drug-likeness (QED) is 0.563. The Hall–Kier alpha value is -3.99. The molecular formula is C24H23FN4O3. The summed E-state index contributed by atoms with van der Waals surface area (Å²) in [6.07, 6.45) is 2.03. The van der Waals surface area contributed by atoms with E-state index in [0.717, 1.165) is 17.3 Å². The third-order valence-electron chi connectivity index (χ3n) is 5.20. The van der Waals surface area contributed by atoms with E-state index in [1.807, 2.05) is 25.1 Å². The van der Waals surface area contributed by atoms with E-state index >= 15 is 0 Å². The number of hydrogen-bond donors (Lipinski definition) is 2. The van der Waals surface area contributed by atoms with Gasteiger partial charge in [0.25, 0.3) is 5.91 Å². The lowest BCUT2D eigenvalue weighted by Gasteiger charge is -2.26. The first-order valence-electron chi connectivity index (χ1n) is 10.3. The molecule has 2 aromatic carbocycles. The van der Waals surface area contributed by atoms with Gasteiger partial charge in [-0.1, -0.05) is 31.2 Å². The lowest BCUT2D eigenvalue weighted by molar-refractivity contribution is 0.0741. The van der Waals surface area contributed by atoms with Crippen molar-refractivity contribution in [3.05, 3.63) is 93.2 Å². The maximum atomic E-state index is 13.9. The smallest absolute Gasteiger partial charge is 0.275 e. The zero-order chi connectivity index (χ0) is 23.1. The second-order valence-electron chi connectivity index (χ2n) is 7.38. The highest BCUT2D eigenvalue weighted by Crippen LogP contribution is 2.29. The molecular weight excluding hydrogens is 411 g/mol. The summed E-state index contributed by atoms with van der Waals surface area (Å²) in [7, 11) is 0. The van der Waals surface area contributed by atoms with E-state index in [-0.39, 0.29) is 17.4 Å². The van der Waals surface area contributed by atoms with Gasteiger partial charge in [-0.05, 0) is 48.2 Å². The average Bonchev–Trinajstić information content (AvgIpc) is 2.80. The summed E-state index contributed by atoms with van der Waals surface area (Å²) in [4.78, 5) is 26.2. The number of hydrogen-bond acceptors (Lipinski definition) is 5. The van der Waals surface area contributed by atoms with Crippen LogP contribution in [0.5, 0.6) is 5.75 Å². The number of H-pyrrole nitrogens is 1. The number of nitrogens with zero attached hydrogens (tertiary/aromatic N) is 3. The number of benzene rings is 2. The number of rotatable bonds is 8. The van der Waals surface area contributed by atoms with Crippen LogP contribution < -0.4 is 5.43 Å². The van der Waals surface area contributed by atoms with Gasteiger partial charge >= 0.3 is 0 Å². The van der Waals surface area contributed by atoms with Crippen molar-refractivity contribution in [2.45, 2.75) is 25.7 Å². The third-order valence-corrected chi connectivity index (χ3v) is 5.20. The molecule has 1 aromatic heterocycles. The largest absolute Gasteiger partial charge is 0.502 e. The molecule has 0 bridgehead atoms. The van der Waals surface area contributed by atoms with Crippen LogP contribution in [0.2, 0.25) is 0 Å². The van der Waals surface area contributed by atoms with Crippen molar-refractivity contribution in [1.29, 1.82) is 5.26 Å². The van der Waals surface area contributed by atoms with Crippen LogP contribution in [0.1, 0.15) is 52.9 Å². The van der Waals surface area contributed by atoms with Crippen LogP contribution in [0.4, 0.5) is 4.39 Å². The number of amides is 1. The maximum absolute atomic E-state index is 13.9. The molecule has 164 valence electrons. The number of nitrogens with one attached hydrogen (secondary N) is 1. The molecule has 3 aromatic rings. The van der Waals surface area contributed by atoms with E-state index in [1.165, 1.54) is 17.0 Å². The molecule has 1 heterocycles. The number of aromatic nitrogens is 2. The van der Waals surface area contributed by atoms with E-state index in [9.17, 15) is 19.1 Å². The minimum atomic E-state index is -0.737. The fourth-order valence-electron chi connectivity index (χ4n) is 3.61. The molecule has 1 unspecified atom stereocenters. The van der Waals surface area contributed by atoms with Crippen LogP contribution in [0.3, 0.4) is 0 Å². The molecule has 0 fully saturated rings. The van der Waals surface area contributed by atoms with Gasteiger partial charge in [-0.25, -0.2) is 4.39 Å². The molecule has 0 saturated heterocycles. The minimum absolute atomic E-state index is 0.229. The molecule has 3 rings (SSSR count). The lowest BCUT2D eigenvalue weighted by Crippen LogP contribution is -2.35. The van der Waals surface area contributed by atoms with Crippen LogP contribution >= 0.6 is 0 Å². The lowest BCUT2D eigenvalue weighted by atomic mass is 9.88. The van der Waals surface area contributed by atoms with Gasteiger partial charge in [0.15, 0.2) is 11.4 Å². The highest BCUT2D eigenvalue weighted by Gasteiger charge is 2.23. The first-order chi connectivity index (χ1) is 15.4. The Labute approximate surface area is 184 Å². The summed E-state index contributed by atoms with van der Waals surface area (Å²) in [6, 6.07) is 15.4. The van der Waals surface area contributed by atoms with E-state index in [1.54, 1.807) is 18.2 Å². The first kappa shape index (κ1) is 22.7. The number of nitriles is 1. The molecule has 1 atom stereocenters. The molecule has 0 aliphatic rings. The molecule has 0 radical (unpaired) electrons. The Kier molecular flexibility index (Phi) is 7.34. The van der Waals surface area contributed by atoms with Gasteiger partial charge in [0.1, 0.15) is 5.82 Å². The molecule has 8 heteroatoms. The number of carbonyl (C=O) groups excluding carboxylic acids is 1. The molecule has 1 amide bonds. The van der Waals surface area contributed by atoms with Gasteiger partial charge in [-0.2, -0.15) is 10.4 Å². The minimum Gasteiger partial charge on any atom is -0.502 e. The molecule has 32 heavy (non-hydrogen) atoms. The van der Waals surface area contributed by atoms with Crippen molar-refractivity contribution in [1.82, 2.24) is 15.1 Å². The fourth-order valence-corrected chi connectivity index (χ4v) is 3.61. The molecule has 2 N–H and O–H groups in total. The summed E-state index contributed by atoms with van der Waals surface area (Å²) in [5, 5.41) is 25.1. The summed E-state index contributed by atoms with van der Waals surface area (Å²) < 4.78 is 13.9. The molecule has 0 saturated carbocycles. The van der Waals surface area contributed by atoms with Crippen molar-refractivity contribution in [2.24, 2.45) is 0 Å². The maximum Gasteiger partial charge on any atom is 0.275 e. The van der Waals surface area contributed by atoms with Crippen LogP contribution in [-0.4, -0.2) is 39.2 Å². The molecule has 0 aliphatic carbocycles. The van der Waals surface area contributed by atoms with Crippen molar-refractivity contribution >= 4 is 5.91 Å². The third kappa shape index (κ3) is 5.19. The second-order valence-corrected chi connectivity index (χ2v) is 7.38. The van der Waals surface area contributed by atoms with Crippen molar-refractivity contribution < 1.29 is 14.3 Å². The highest BCUT2D eigenvalue weighted by atomic mass is 19.1. The zero-order valence-electron chi connectivity index (χ0n) is 17.6. The average molecular weight is 434 g/mol. The van der Waals surface area contributed by atoms with E-state index in [4.69, 9.17) is 5.26 Å².